The molecule has 0 spiro atoms. The summed E-state index contributed by atoms with van der Waals surface area (Å²) in [7, 11) is 2.17. The van der Waals surface area contributed by atoms with Crippen LogP contribution in [0.4, 0.5) is 0 Å². The number of hydrogen-bond donors (Lipinski definition) is 1. The van der Waals surface area contributed by atoms with Gasteiger partial charge in [0, 0.05) is 23.1 Å². The molecule has 0 amide bonds. The van der Waals surface area contributed by atoms with E-state index in [2.05, 4.69) is 66.8 Å². The summed E-state index contributed by atoms with van der Waals surface area (Å²) < 4.78 is 1.15. The highest BCUT2D eigenvalue weighted by Gasteiger charge is 2.21. The molecule has 2 N–H and O–H groups in total. The zero-order chi connectivity index (χ0) is 13.1. The van der Waals surface area contributed by atoms with Crippen molar-refractivity contribution < 1.29 is 0 Å². The first-order valence-electron chi connectivity index (χ1n) is 6.09. The third kappa shape index (κ3) is 3.80. The van der Waals surface area contributed by atoms with Gasteiger partial charge in [-0.05, 0) is 44.5 Å². The van der Waals surface area contributed by atoms with E-state index >= 15 is 0 Å². The second-order valence-corrected chi connectivity index (χ2v) is 6.01. The van der Waals surface area contributed by atoms with E-state index in [1.165, 1.54) is 5.56 Å². The SMILES string of the molecule is CCC(C)(C)N(C)Cc1ccc(CN)cc1Br. The fraction of sp³-hybridized carbons (Fsp3) is 0.571. The molecule has 3 heteroatoms. The average Bonchev–Trinajstić information content (AvgIpc) is 2.31. The molecule has 0 fully saturated rings. The Morgan fingerprint density at radius 2 is 2.00 bits per heavy atom. The van der Waals surface area contributed by atoms with E-state index in [1.54, 1.807) is 0 Å². The Balaban J connectivity index is 2.82. The maximum absolute atomic E-state index is 5.63. The molecule has 17 heavy (non-hydrogen) atoms. The fourth-order valence-electron chi connectivity index (χ4n) is 1.59. The molecule has 1 rings (SSSR count). The predicted octanol–water partition coefficient (Wildman–Crippen LogP) is 3.53. The lowest BCUT2D eigenvalue weighted by Crippen LogP contribution is -2.39. The van der Waals surface area contributed by atoms with Crippen LogP contribution in [-0.2, 0) is 13.1 Å². The summed E-state index contributed by atoms with van der Waals surface area (Å²) in [5, 5.41) is 0. The summed E-state index contributed by atoms with van der Waals surface area (Å²) in [4.78, 5) is 2.38. The zero-order valence-corrected chi connectivity index (χ0v) is 12.8. The van der Waals surface area contributed by atoms with Crippen molar-refractivity contribution in [1.29, 1.82) is 0 Å². The number of nitrogens with zero attached hydrogens (tertiary/aromatic N) is 1. The van der Waals surface area contributed by atoms with E-state index in [1.807, 2.05) is 0 Å². The summed E-state index contributed by atoms with van der Waals surface area (Å²) in [5.41, 5.74) is 8.33. The van der Waals surface area contributed by atoms with Gasteiger partial charge in [-0.1, -0.05) is 35.0 Å². The molecule has 0 aliphatic rings. The van der Waals surface area contributed by atoms with Crippen molar-refractivity contribution in [3.05, 3.63) is 33.8 Å². The van der Waals surface area contributed by atoms with E-state index in [0.29, 0.717) is 6.54 Å². The van der Waals surface area contributed by atoms with Crippen molar-refractivity contribution in [2.24, 2.45) is 5.73 Å². The molecule has 2 nitrogen and oxygen atoms in total. The Bertz CT molecular complexity index is 374. The second-order valence-electron chi connectivity index (χ2n) is 5.15. The van der Waals surface area contributed by atoms with E-state index in [0.717, 1.165) is 23.0 Å². The lowest BCUT2D eigenvalue weighted by atomic mass is 9.99. The van der Waals surface area contributed by atoms with Crippen molar-refractivity contribution in [1.82, 2.24) is 4.90 Å². The third-order valence-corrected chi connectivity index (χ3v) is 4.40. The van der Waals surface area contributed by atoms with Gasteiger partial charge >= 0.3 is 0 Å². The number of hydrogen-bond acceptors (Lipinski definition) is 2. The Kier molecular flexibility index (Phi) is 5.17. The Morgan fingerprint density at radius 1 is 1.35 bits per heavy atom. The quantitative estimate of drug-likeness (QED) is 0.901. The molecule has 96 valence electrons. The molecule has 0 saturated heterocycles. The number of nitrogens with two attached hydrogens (primary N) is 1. The van der Waals surface area contributed by atoms with Gasteiger partial charge in [0.15, 0.2) is 0 Å². The van der Waals surface area contributed by atoms with Gasteiger partial charge < -0.3 is 5.73 Å². The highest BCUT2D eigenvalue weighted by Crippen LogP contribution is 2.24. The first-order chi connectivity index (χ1) is 7.90. The Hall–Kier alpha value is -0.380. The molecular weight excluding hydrogens is 276 g/mol. The van der Waals surface area contributed by atoms with Gasteiger partial charge in [-0.3, -0.25) is 4.90 Å². The minimum atomic E-state index is 0.228. The maximum atomic E-state index is 5.63. The van der Waals surface area contributed by atoms with Gasteiger partial charge in [0.05, 0.1) is 0 Å². The summed E-state index contributed by atoms with van der Waals surface area (Å²) in [6.07, 6.45) is 1.14. The number of halogens is 1. The van der Waals surface area contributed by atoms with Gasteiger partial charge in [-0.2, -0.15) is 0 Å². The van der Waals surface area contributed by atoms with Crippen LogP contribution in [0.25, 0.3) is 0 Å². The van der Waals surface area contributed by atoms with Crippen molar-refractivity contribution in [2.45, 2.75) is 45.8 Å². The molecule has 0 aliphatic carbocycles. The van der Waals surface area contributed by atoms with Gasteiger partial charge in [0.25, 0.3) is 0 Å². The average molecular weight is 299 g/mol. The zero-order valence-electron chi connectivity index (χ0n) is 11.3. The molecular formula is C14H23BrN2. The van der Waals surface area contributed by atoms with Crippen LogP contribution in [0.15, 0.2) is 22.7 Å². The summed E-state index contributed by atoms with van der Waals surface area (Å²) in [5.74, 6) is 0. The van der Waals surface area contributed by atoms with Crippen LogP contribution in [0, 0.1) is 0 Å². The van der Waals surface area contributed by atoms with Crippen LogP contribution in [-0.4, -0.2) is 17.5 Å². The third-order valence-electron chi connectivity index (χ3n) is 3.66. The lowest BCUT2D eigenvalue weighted by Gasteiger charge is -2.35. The monoisotopic (exact) mass is 298 g/mol. The highest BCUT2D eigenvalue weighted by molar-refractivity contribution is 9.10. The highest BCUT2D eigenvalue weighted by atomic mass is 79.9. The molecule has 0 aromatic heterocycles. The van der Waals surface area contributed by atoms with Crippen LogP contribution in [0.5, 0.6) is 0 Å². The topological polar surface area (TPSA) is 29.3 Å². The minimum absolute atomic E-state index is 0.228. The molecule has 1 aromatic rings. The predicted molar refractivity (Wildman–Crippen MR) is 77.9 cm³/mol. The maximum Gasteiger partial charge on any atom is 0.0247 e. The largest absolute Gasteiger partial charge is 0.326 e. The van der Waals surface area contributed by atoms with Crippen LogP contribution in [0.2, 0.25) is 0 Å². The van der Waals surface area contributed by atoms with Gasteiger partial charge in [-0.25, -0.2) is 0 Å². The van der Waals surface area contributed by atoms with E-state index in [4.69, 9.17) is 5.73 Å². The van der Waals surface area contributed by atoms with Crippen LogP contribution < -0.4 is 5.73 Å². The standard InChI is InChI=1S/C14H23BrN2/c1-5-14(2,3)17(4)10-12-7-6-11(9-16)8-13(12)15/h6-8H,5,9-10,16H2,1-4H3. The molecule has 0 bridgehead atoms. The van der Waals surface area contributed by atoms with E-state index < -0.39 is 0 Å². The van der Waals surface area contributed by atoms with Crippen molar-refractivity contribution in [2.75, 3.05) is 7.05 Å². The summed E-state index contributed by atoms with van der Waals surface area (Å²) >= 11 is 3.62. The van der Waals surface area contributed by atoms with Crippen LogP contribution >= 0.6 is 15.9 Å². The first kappa shape index (κ1) is 14.7. The fourth-order valence-corrected chi connectivity index (χ4v) is 2.14. The molecule has 0 aliphatic heterocycles. The summed E-state index contributed by atoms with van der Waals surface area (Å²) in [6, 6.07) is 6.38. The van der Waals surface area contributed by atoms with Crippen LogP contribution in [0.1, 0.15) is 38.3 Å². The normalized spacial score (nSPS) is 12.2. The number of benzene rings is 1. The van der Waals surface area contributed by atoms with Gasteiger partial charge in [0.2, 0.25) is 0 Å². The van der Waals surface area contributed by atoms with Crippen molar-refractivity contribution in [3.8, 4) is 0 Å². The van der Waals surface area contributed by atoms with Crippen LogP contribution in [0.3, 0.4) is 0 Å². The van der Waals surface area contributed by atoms with Gasteiger partial charge in [0.1, 0.15) is 0 Å². The molecule has 1 aromatic carbocycles. The van der Waals surface area contributed by atoms with E-state index in [-0.39, 0.29) is 5.54 Å². The molecule has 0 saturated carbocycles. The Labute approximate surface area is 113 Å². The minimum Gasteiger partial charge on any atom is -0.326 e. The molecule has 0 radical (unpaired) electrons. The summed E-state index contributed by atoms with van der Waals surface area (Å²) in [6.45, 7) is 8.31. The molecule has 0 unspecified atom stereocenters. The smallest absolute Gasteiger partial charge is 0.0247 e. The first-order valence-corrected chi connectivity index (χ1v) is 6.88. The Morgan fingerprint density at radius 3 is 2.47 bits per heavy atom. The van der Waals surface area contributed by atoms with Crippen molar-refractivity contribution >= 4 is 15.9 Å². The lowest BCUT2D eigenvalue weighted by molar-refractivity contribution is 0.143. The van der Waals surface area contributed by atoms with Crippen molar-refractivity contribution in [3.63, 3.8) is 0 Å². The second kappa shape index (κ2) is 5.98. The van der Waals surface area contributed by atoms with Gasteiger partial charge in [-0.15, -0.1) is 0 Å². The van der Waals surface area contributed by atoms with E-state index in [9.17, 15) is 0 Å². The molecule has 0 atom stereocenters. The number of rotatable bonds is 5. The molecule has 0 heterocycles.